The van der Waals surface area contributed by atoms with Crippen molar-refractivity contribution in [2.24, 2.45) is 0 Å². The predicted octanol–water partition coefficient (Wildman–Crippen LogP) is -0.290. The first kappa shape index (κ1) is 7.54. The van der Waals surface area contributed by atoms with E-state index in [0.717, 1.165) is 0 Å². The van der Waals surface area contributed by atoms with E-state index in [4.69, 9.17) is 11.4 Å². The van der Waals surface area contributed by atoms with Crippen LogP contribution in [0.2, 0.25) is 6.82 Å². The van der Waals surface area contributed by atoms with E-state index in [1.54, 1.807) is 6.82 Å². The van der Waals surface area contributed by atoms with Crippen molar-refractivity contribution in [3.05, 3.63) is 0 Å². The fraction of sp³-hybridized carbons (Fsp3) is 0.600. The molecule has 0 aliphatic heterocycles. The monoisotopic (exact) mass is 111 g/mol. The lowest BCUT2D eigenvalue weighted by atomic mass is 9.89. The molecule has 2 nitrogen and oxygen atoms in total. The van der Waals surface area contributed by atoms with Crippen LogP contribution in [-0.2, 0) is 0 Å². The van der Waals surface area contributed by atoms with Gasteiger partial charge < -0.3 is 10.3 Å². The molecule has 0 fully saturated rings. The molecule has 0 aliphatic carbocycles. The van der Waals surface area contributed by atoms with Crippen LogP contribution >= 0.6 is 0 Å². The van der Waals surface area contributed by atoms with Crippen LogP contribution in [0.4, 0.5) is 0 Å². The Balaban J connectivity index is 2.85. The van der Waals surface area contributed by atoms with E-state index in [1.165, 1.54) is 0 Å². The Kier molecular flexibility index (Phi) is 4.43. The van der Waals surface area contributed by atoms with Crippen molar-refractivity contribution in [3.63, 3.8) is 0 Å². The minimum absolute atomic E-state index is 0.441. The summed E-state index contributed by atoms with van der Waals surface area (Å²) in [5.74, 6) is 2.45. The van der Waals surface area contributed by atoms with Crippen molar-refractivity contribution in [1.82, 2.24) is 5.23 Å². The highest BCUT2D eigenvalue weighted by atomic mass is 16.2. The van der Waals surface area contributed by atoms with Gasteiger partial charge in [0.25, 0.3) is 0 Å². The van der Waals surface area contributed by atoms with Crippen LogP contribution in [0.3, 0.4) is 0 Å². The predicted molar refractivity (Wildman–Crippen MR) is 35.3 cm³/mol. The number of hydrogen-bond acceptors (Lipinski definition) is 2. The maximum Gasteiger partial charge on any atom is 0.373 e. The minimum Gasteiger partial charge on any atom is -0.437 e. The first-order valence-electron chi connectivity index (χ1n) is 2.62. The van der Waals surface area contributed by atoms with Crippen molar-refractivity contribution in [2.75, 3.05) is 6.54 Å². The first-order chi connectivity index (χ1) is 3.77. The smallest absolute Gasteiger partial charge is 0.373 e. The zero-order chi connectivity index (χ0) is 6.41. The molecule has 0 saturated heterocycles. The Bertz CT molecular complexity index is 86.9. The normalized spacial score (nSPS) is 8.12. The molecule has 0 saturated carbocycles. The van der Waals surface area contributed by atoms with Crippen molar-refractivity contribution in [3.8, 4) is 12.3 Å². The molecule has 3 heteroatoms. The summed E-state index contributed by atoms with van der Waals surface area (Å²) in [6.07, 6.45) is 5.61. The van der Waals surface area contributed by atoms with Gasteiger partial charge in [0, 0.05) is 6.42 Å². The molecule has 0 radical (unpaired) electrons. The molecule has 44 valence electrons. The van der Waals surface area contributed by atoms with Crippen molar-refractivity contribution < 1.29 is 5.02 Å². The van der Waals surface area contributed by atoms with Crippen molar-refractivity contribution in [1.29, 1.82) is 0 Å². The second kappa shape index (κ2) is 4.70. The molecule has 0 aromatic rings. The summed E-state index contributed by atoms with van der Waals surface area (Å²) in [4.78, 5) is 0. The van der Waals surface area contributed by atoms with Crippen molar-refractivity contribution in [2.45, 2.75) is 13.2 Å². The molecule has 8 heavy (non-hydrogen) atoms. The van der Waals surface area contributed by atoms with Crippen LogP contribution in [0, 0.1) is 12.3 Å². The van der Waals surface area contributed by atoms with E-state index in [2.05, 4.69) is 11.1 Å². The topological polar surface area (TPSA) is 32.3 Å². The molecule has 0 aromatic carbocycles. The highest BCUT2D eigenvalue weighted by molar-refractivity contribution is 6.45. The van der Waals surface area contributed by atoms with Gasteiger partial charge in [-0.15, -0.1) is 12.3 Å². The third-order valence-electron chi connectivity index (χ3n) is 0.709. The van der Waals surface area contributed by atoms with Crippen LogP contribution in [0.5, 0.6) is 0 Å². The van der Waals surface area contributed by atoms with Gasteiger partial charge in [0.2, 0.25) is 0 Å². The van der Waals surface area contributed by atoms with E-state index < -0.39 is 7.05 Å². The molecule has 0 bridgehead atoms. The van der Waals surface area contributed by atoms with Crippen LogP contribution in [0.25, 0.3) is 0 Å². The second-order valence-corrected chi connectivity index (χ2v) is 1.58. The fourth-order valence-corrected chi connectivity index (χ4v) is 0.353. The lowest BCUT2D eigenvalue weighted by Gasteiger charge is -1.97. The summed E-state index contributed by atoms with van der Waals surface area (Å²) >= 11 is 0. The highest BCUT2D eigenvalue weighted by Gasteiger charge is 1.96. The molecular weight excluding hydrogens is 101 g/mol. The van der Waals surface area contributed by atoms with E-state index >= 15 is 0 Å². The molecule has 2 N–H and O–H groups in total. The number of hydrogen-bond donors (Lipinski definition) is 2. The second-order valence-electron chi connectivity index (χ2n) is 1.58. The molecule has 0 heterocycles. The van der Waals surface area contributed by atoms with Crippen LogP contribution in [-0.4, -0.2) is 18.6 Å². The average Bonchev–Trinajstić information content (AvgIpc) is 1.66. The molecule has 0 spiro atoms. The Morgan fingerprint density at radius 1 is 1.88 bits per heavy atom. The van der Waals surface area contributed by atoms with Gasteiger partial charge in [0.15, 0.2) is 0 Å². The molecule has 0 aliphatic rings. The van der Waals surface area contributed by atoms with E-state index in [-0.39, 0.29) is 0 Å². The first-order valence-corrected chi connectivity index (χ1v) is 2.62. The number of terminal acetylenes is 1. The molecule has 0 rings (SSSR count). The Labute approximate surface area is 50.4 Å². The van der Waals surface area contributed by atoms with E-state index in [0.29, 0.717) is 13.0 Å². The number of nitrogens with one attached hydrogen (secondary N) is 1. The summed E-state index contributed by atoms with van der Waals surface area (Å²) in [5.41, 5.74) is 0. The maximum absolute atomic E-state index is 8.60. The highest BCUT2D eigenvalue weighted by Crippen LogP contribution is 1.70. The molecular formula is C5H10BNO. The van der Waals surface area contributed by atoms with Gasteiger partial charge in [-0.1, -0.05) is 0 Å². The summed E-state index contributed by atoms with van der Waals surface area (Å²) in [6.45, 7) is 2.35. The minimum atomic E-state index is -0.441. The summed E-state index contributed by atoms with van der Waals surface area (Å²) < 4.78 is 0. The lowest BCUT2D eigenvalue weighted by Crippen LogP contribution is -2.30. The van der Waals surface area contributed by atoms with Gasteiger partial charge >= 0.3 is 7.05 Å². The van der Waals surface area contributed by atoms with Gasteiger partial charge in [-0.3, -0.25) is 0 Å². The quantitative estimate of drug-likeness (QED) is 0.298. The molecule has 0 aromatic heterocycles. The van der Waals surface area contributed by atoms with Gasteiger partial charge in [0.05, 0.1) is 0 Å². The fourth-order valence-electron chi connectivity index (χ4n) is 0.353. The number of rotatable bonds is 3. The Morgan fingerprint density at radius 2 is 2.50 bits per heavy atom. The van der Waals surface area contributed by atoms with Gasteiger partial charge in [-0.25, -0.2) is 0 Å². The summed E-state index contributed by atoms with van der Waals surface area (Å²) in [7, 11) is -0.441. The lowest BCUT2D eigenvalue weighted by molar-refractivity contribution is 0.556. The Hall–Kier alpha value is -0.455. The van der Waals surface area contributed by atoms with E-state index in [9.17, 15) is 0 Å². The third-order valence-corrected chi connectivity index (χ3v) is 0.709. The standard InChI is InChI=1S/C5H10BNO/c1-3-4-5-7-6(2)8/h1,7-8H,4-5H2,2H3. The van der Waals surface area contributed by atoms with Crippen LogP contribution in [0.15, 0.2) is 0 Å². The maximum atomic E-state index is 8.60. The largest absolute Gasteiger partial charge is 0.437 e. The molecule has 0 atom stereocenters. The van der Waals surface area contributed by atoms with Crippen LogP contribution in [0.1, 0.15) is 6.42 Å². The molecule has 0 unspecified atom stereocenters. The van der Waals surface area contributed by atoms with Gasteiger partial charge in [-0.05, 0) is 13.4 Å². The van der Waals surface area contributed by atoms with Gasteiger partial charge in [-0.2, -0.15) is 0 Å². The Morgan fingerprint density at radius 3 is 2.88 bits per heavy atom. The third kappa shape index (κ3) is 5.54. The van der Waals surface area contributed by atoms with Crippen LogP contribution < -0.4 is 5.23 Å². The SMILES string of the molecule is C#CCCNB(C)O. The average molecular weight is 111 g/mol. The van der Waals surface area contributed by atoms with E-state index in [1.807, 2.05) is 0 Å². The summed E-state index contributed by atoms with van der Waals surface area (Å²) in [6, 6.07) is 0. The molecule has 0 amide bonds. The van der Waals surface area contributed by atoms with Gasteiger partial charge in [0.1, 0.15) is 0 Å². The zero-order valence-electron chi connectivity index (χ0n) is 5.02. The summed E-state index contributed by atoms with van der Waals surface area (Å²) in [5, 5.41) is 11.4. The van der Waals surface area contributed by atoms with Crippen molar-refractivity contribution >= 4 is 7.05 Å². The zero-order valence-corrected chi connectivity index (χ0v) is 5.02.